The number of allylic oxidation sites excluding steroid dienone is 4. The standard InChI is InChI=1S/C17H23N/c1-11-12(2)14(4)17(13(11)3)15-9-7-8-10-16(15)18(5)6/h7-10,17H,1-6H3. The van der Waals surface area contributed by atoms with Crippen molar-refractivity contribution in [1.82, 2.24) is 0 Å². The summed E-state index contributed by atoms with van der Waals surface area (Å²) in [5, 5.41) is 0. The second-order valence-corrected chi connectivity index (χ2v) is 5.50. The molecule has 1 aromatic rings. The minimum absolute atomic E-state index is 0.462. The topological polar surface area (TPSA) is 3.24 Å². The summed E-state index contributed by atoms with van der Waals surface area (Å²) in [4.78, 5) is 2.21. The lowest BCUT2D eigenvalue weighted by molar-refractivity contribution is 0.922. The van der Waals surface area contributed by atoms with Crippen LogP contribution >= 0.6 is 0 Å². The Labute approximate surface area is 111 Å². The van der Waals surface area contributed by atoms with Gasteiger partial charge in [0.2, 0.25) is 0 Å². The van der Waals surface area contributed by atoms with Gasteiger partial charge in [0.1, 0.15) is 0 Å². The van der Waals surface area contributed by atoms with E-state index < -0.39 is 0 Å². The third-order valence-corrected chi connectivity index (χ3v) is 4.34. The first-order valence-corrected chi connectivity index (χ1v) is 6.56. The van der Waals surface area contributed by atoms with E-state index in [9.17, 15) is 0 Å². The Morgan fingerprint density at radius 3 is 1.83 bits per heavy atom. The van der Waals surface area contributed by atoms with Gasteiger partial charge in [0.05, 0.1) is 0 Å². The molecule has 18 heavy (non-hydrogen) atoms. The first-order chi connectivity index (χ1) is 8.45. The van der Waals surface area contributed by atoms with Crippen LogP contribution in [0.4, 0.5) is 5.69 Å². The normalized spacial score (nSPS) is 16.8. The maximum atomic E-state index is 2.27. The molecule has 0 radical (unpaired) electrons. The second-order valence-electron chi connectivity index (χ2n) is 5.50. The SMILES string of the molecule is CC1=C(C)C(c2ccccc2N(C)C)C(C)=C1C. The summed E-state index contributed by atoms with van der Waals surface area (Å²) in [6, 6.07) is 8.73. The van der Waals surface area contributed by atoms with Gasteiger partial charge in [-0.15, -0.1) is 0 Å². The zero-order valence-electron chi connectivity index (χ0n) is 12.3. The number of anilines is 1. The molecule has 0 atom stereocenters. The molecule has 0 bridgehead atoms. The molecule has 0 N–H and O–H groups in total. The summed E-state index contributed by atoms with van der Waals surface area (Å²) in [5.74, 6) is 0.462. The lowest BCUT2D eigenvalue weighted by Crippen LogP contribution is -2.13. The molecule has 96 valence electrons. The Bertz CT molecular complexity index is 508. The molecule has 0 unspecified atom stereocenters. The van der Waals surface area contributed by atoms with Gasteiger partial charge in [0, 0.05) is 25.7 Å². The van der Waals surface area contributed by atoms with Crippen LogP contribution in [0.5, 0.6) is 0 Å². The molecule has 0 saturated carbocycles. The molecule has 1 aliphatic rings. The van der Waals surface area contributed by atoms with Gasteiger partial charge in [0.25, 0.3) is 0 Å². The molecule has 1 aromatic carbocycles. The molecule has 0 heterocycles. The van der Waals surface area contributed by atoms with E-state index in [0.717, 1.165) is 0 Å². The predicted octanol–water partition coefficient (Wildman–Crippen LogP) is 4.52. The Morgan fingerprint density at radius 1 is 0.833 bits per heavy atom. The highest BCUT2D eigenvalue weighted by molar-refractivity contribution is 5.62. The van der Waals surface area contributed by atoms with Crippen LogP contribution < -0.4 is 4.90 Å². The van der Waals surface area contributed by atoms with Crippen molar-refractivity contribution in [2.24, 2.45) is 0 Å². The van der Waals surface area contributed by atoms with E-state index in [1.165, 1.54) is 33.5 Å². The van der Waals surface area contributed by atoms with E-state index in [4.69, 9.17) is 0 Å². The summed E-state index contributed by atoms with van der Waals surface area (Å²) in [6.45, 7) is 9.03. The van der Waals surface area contributed by atoms with Crippen molar-refractivity contribution in [2.75, 3.05) is 19.0 Å². The largest absolute Gasteiger partial charge is 0.377 e. The molecule has 0 aromatic heterocycles. The van der Waals surface area contributed by atoms with E-state index in [-0.39, 0.29) is 0 Å². The van der Waals surface area contributed by atoms with Gasteiger partial charge in [0.15, 0.2) is 0 Å². The van der Waals surface area contributed by atoms with E-state index in [1.807, 2.05) is 0 Å². The van der Waals surface area contributed by atoms with Crippen LogP contribution in [0.15, 0.2) is 46.6 Å². The van der Waals surface area contributed by atoms with Gasteiger partial charge < -0.3 is 4.90 Å². The molecule has 2 rings (SSSR count). The number of hydrogen-bond donors (Lipinski definition) is 0. The minimum atomic E-state index is 0.462. The monoisotopic (exact) mass is 241 g/mol. The number of hydrogen-bond acceptors (Lipinski definition) is 1. The van der Waals surface area contributed by atoms with Gasteiger partial charge >= 0.3 is 0 Å². The van der Waals surface area contributed by atoms with Crippen LogP contribution in [-0.4, -0.2) is 14.1 Å². The molecule has 0 aliphatic heterocycles. The first-order valence-electron chi connectivity index (χ1n) is 6.56. The average molecular weight is 241 g/mol. The Morgan fingerprint density at radius 2 is 1.33 bits per heavy atom. The Kier molecular flexibility index (Phi) is 3.34. The van der Waals surface area contributed by atoms with Crippen LogP contribution in [0, 0.1) is 0 Å². The average Bonchev–Trinajstić information content (AvgIpc) is 2.54. The molecule has 0 spiro atoms. The first kappa shape index (κ1) is 12.9. The van der Waals surface area contributed by atoms with Crippen molar-refractivity contribution < 1.29 is 0 Å². The zero-order chi connectivity index (χ0) is 13.4. The van der Waals surface area contributed by atoms with Crippen molar-refractivity contribution in [1.29, 1.82) is 0 Å². The fourth-order valence-electron chi connectivity index (χ4n) is 2.95. The van der Waals surface area contributed by atoms with Crippen molar-refractivity contribution in [3.63, 3.8) is 0 Å². The molecule has 1 aliphatic carbocycles. The van der Waals surface area contributed by atoms with Crippen molar-refractivity contribution >= 4 is 5.69 Å². The van der Waals surface area contributed by atoms with Gasteiger partial charge in [-0.1, -0.05) is 29.3 Å². The Hall–Kier alpha value is -1.50. The van der Waals surface area contributed by atoms with Crippen LogP contribution in [0.2, 0.25) is 0 Å². The lowest BCUT2D eigenvalue weighted by atomic mass is 9.87. The lowest BCUT2D eigenvalue weighted by Gasteiger charge is -2.23. The van der Waals surface area contributed by atoms with Crippen molar-refractivity contribution in [3.05, 3.63) is 52.1 Å². The maximum Gasteiger partial charge on any atom is 0.0403 e. The number of para-hydroxylation sites is 1. The van der Waals surface area contributed by atoms with Gasteiger partial charge in [-0.25, -0.2) is 0 Å². The van der Waals surface area contributed by atoms with Crippen LogP contribution in [0.25, 0.3) is 0 Å². The summed E-state index contributed by atoms with van der Waals surface area (Å²) >= 11 is 0. The molecule has 0 amide bonds. The number of nitrogens with zero attached hydrogens (tertiary/aromatic N) is 1. The van der Waals surface area contributed by atoms with E-state index in [2.05, 4.69) is 71.0 Å². The van der Waals surface area contributed by atoms with Crippen LogP contribution in [-0.2, 0) is 0 Å². The predicted molar refractivity (Wildman–Crippen MR) is 80.3 cm³/mol. The molecule has 1 nitrogen and oxygen atoms in total. The van der Waals surface area contributed by atoms with E-state index in [0.29, 0.717) is 5.92 Å². The quantitative estimate of drug-likeness (QED) is 0.735. The maximum absolute atomic E-state index is 2.27. The highest BCUT2D eigenvalue weighted by Gasteiger charge is 2.27. The smallest absolute Gasteiger partial charge is 0.0403 e. The van der Waals surface area contributed by atoms with Crippen molar-refractivity contribution in [3.8, 4) is 0 Å². The van der Waals surface area contributed by atoms with E-state index in [1.54, 1.807) is 0 Å². The zero-order valence-corrected chi connectivity index (χ0v) is 12.3. The van der Waals surface area contributed by atoms with Gasteiger partial charge in [-0.05, 0) is 50.5 Å². The summed E-state index contributed by atoms with van der Waals surface area (Å²) in [5.41, 5.74) is 8.67. The summed E-state index contributed by atoms with van der Waals surface area (Å²) in [7, 11) is 4.23. The Balaban J connectivity index is 2.58. The molecular formula is C17H23N. The van der Waals surface area contributed by atoms with Crippen LogP contribution in [0.1, 0.15) is 39.2 Å². The summed E-state index contributed by atoms with van der Waals surface area (Å²) < 4.78 is 0. The highest BCUT2D eigenvalue weighted by Crippen LogP contribution is 2.45. The van der Waals surface area contributed by atoms with Gasteiger partial charge in [-0.2, -0.15) is 0 Å². The number of rotatable bonds is 2. The molecule has 0 fully saturated rings. The minimum Gasteiger partial charge on any atom is -0.377 e. The third-order valence-electron chi connectivity index (χ3n) is 4.34. The van der Waals surface area contributed by atoms with E-state index >= 15 is 0 Å². The highest BCUT2D eigenvalue weighted by atomic mass is 15.1. The fourth-order valence-corrected chi connectivity index (χ4v) is 2.95. The van der Waals surface area contributed by atoms with Crippen molar-refractivity contribution in [2.45, 2.75) is 33.6 Å². The fraction of sp³-hybridized carbons (Fsp3) is 0.412. The summed E-state index contributed by atoms with van der Waals surface area (Å²) in [6.07, 6.45) is 0. The molecular weight excluding hydrogens is 218 g/mol. The molecule has 0 saturated heterocycles. The van der Waals surface area contributed by atoms with Crippen LogP contribution in [0.3, 0.4) is 0 Å². The second kappa shape index (κ2) is 4.64. The molecule has 1 heteroatoms. The third kappa shape index (κ3) is 1.88. The number of benzene rings is 1. The van der Waals surface area contributed by atoms with Gasteiger partial charge in [-0.3, -0.25) is 0 Å².